The molecule has 0 spiro atoms. The summed E-state index contributed by atoms with van der Waals surface area (Å²) in [4.78, 5) is 4.84. The first-order valence-electron chi connectivity index (χ1n) is 9.34. The maximum absolute atomic E-state index is 6.25. The summed E-state index contributed by atoms with van der Waals surface area (Å²) in [5.41, 5.74) is 0.952. The van der Waals surface area contributed by atoms with Crippen molar-refractivity contribution >= 4 is 5.82 Å². The molecular weight excluding hydrogens is 304 g/mol. The Bertz CT molecular complexity index is 532. The maximum atomic E-state index is 6.25. The van der Waals surface area contributed by atoms with Gasteiger partial charge in [-0.05, 0) is 57.8 Å². The number of aromatic nitrogens is 2. The third-order valence-electron chi connectivity index (χ3n) is 5.49. The predicted octanol–water partition coefficient (Wildman–Crippen LogP) is 1.63. The first kappa shape index (κ1) is 16.2. The number of likely N-dealkylation sites (tertiary alicyclic amines) is 1. The van der Waals surface area contributed by atoms with Crippen LogP contribution in [0.5, 0.6) is 0 Å². The Morgan fingerprint density at radius 1 is 1.21 bits per heavy atom. The lowest BCUT2D eigenvalue weighted by atomic mass is 10.0. The second-order valence-corrected chi connectivity index (χ2v) is 7.19. The maximum Gasteiger partial charge on any atom is 0.151 e. The first-order chi connectivity index (χ1) is 11.8. The fraction of sp³-hybridized carbons (Fsp3) is 0.778. The molecule has 4 rings (SSSR count). The van der Waals surface area contributed by atoms with Crippen molar-refractivity contribution in [1.29, 1.82) is 0 Å². The van der Waals surface area contributed by atoms with Crippen LogP contribution in [0.4, 0.5) is 5.82 Å². The summed E-state index contributed by atoms with van der Waals surface area (Å²) < 4.78 is 12.3. The topological polar surface area (TPSA) is 50.7 Å². The van der Waals surface area contributed by atoms with Gasteiger partial charge >= 0.3 is 0 Å². The second-order valence-electron chi connectivity index (χ2n) is 7.19. The Kier molecular flexibility index (Phi) is 4.96. The standard InChI is InChI=1S/C18H28N4O2/c1-14-6-7-17(20-19-14)22-13-16(18-15(22)5-4-11-24-18)23-12-10-21-8-2-3-9-21/h6-7,15-16,18H,2-5,8-13H2,1H3/t15-,16+,18+/m0/s1. The Balaban J connectivity index is 1.40. The summed E-state index contributed by atoms with van der Waals surface area (Å²) in [5.74, 6) is 0.951. The van der Waals surface area contributed by atoms with Gasteiger partial charge in [0.25, 0.3) is 0 Å². The van der Waals surface area contributed by atoms with Crippen LogP contribution in [-0.4, -0.2) is 72.7 Å². The number of aryl methyl sites for hydroxylation is 1. The van der Waals surface area contributed by atoms with Gasteiger partial charge in [0, 0.05) is 19.7 Å². The highest BCUT2D eigenvalue weighted by Gasteiger charge is 2.45. The fourth-order valence-electron chi connectivity index (χ4n) is 4.20. The largest absolute Gasteiger partial charge is 0.373 e. The second kappa shape index (κ2) is 7.33. The lowest BCUT2D eigenvalue weighted by Gasteiger charge is -2.32. The molecule has 132 valence electrons. The van der Waals surface area contributed by atoms with E-state index in [2.05, 4.69) is 26.1 Å². The number of rotatable bonds is 5. The summed E-state index contributed by atoms with van der Waals surface area (Å²) >= 11 is 0. The molecule has 0 saturated carbocycles. The van der Waals surface area contributed by atoms with Crippen LogP contribution in [0.2, 0.25) is 0 Å². The Morgan fingerprint density at radius 2 is 2.08 bits per heavy atom. The highest BCUT2D eigenvalue weighted by Crippen LogP contribution is 2.33. The van der Waals surface area contributed by atoms with E-state index in [4.69, 9.17) is 9.47 Å². The molecule has 3 atom stereocenters. The fourth-order valence-corrected chi connectivity index (χ4v) is 4.20. The van der Waals surface area contributed by atoms with Crippen LogP contribution in [-0.2, 0) is 9.47 Å². The average Bonchev–Trinajstić information content (AvgIpc) is 3.24. The zero-order chi connectivity index (χ0) is 16.4. The molecule has 4 heterocycles. The lowest BCUT2D eigenvalue weighted by Crippen LogP contribution is -2.42. The van der Waals surface area contributed by atoms with Gasteiger partial charge in [-0.1, -0.05) is 0 Å². The Hall–Kier alpha value is -1.24. The van der Waals surface area contributed by atoms with Crippen molar-refractivity contribution in [1.82, 2.24) is 15.1 Å². The molecule has 0 bridgehead atoms. The zero-order valence-corrected chi connectivity index (χ0v) is 14.6. The molecule has 0 aliphatic carbocycles. The van der Waals surface area contributed by atoms with E-state index in [1.165, 1.54) is 25.9 Å². The monoisotopic (exact) mass is 332 g/mol. The molecule has 0 amide bonds. The molecule has 3 fully saturated rings. The van der Waals surface area contributed by atoms with E-state index in [0.717, 1.165) is 50.7 Å². The van der Waals surface area contributed by atoms with E-state index < -0.39 is 0 Å². The van der Waals surface area contributed by atoms with Gasteiger partial charge < -0.3 is 19.3 Å². The first-order valence-corrected chi connectivity index (χ1v) is 9.34. The van der Waals surface area contributed by atoms with Gasteiger partial charge in [0.15, 0.2) is 5.82 Å². The van der Waals surface area contributed by atoms with Crippen LogP contribution in [0.3, 0.4) is 0 Å². The normalized spacial score (nSPS) is 30.7. The van der Waals surface area contributed by atoms with Crippen molar-refractivity contribution in [3.05, 3.63) is 17.8 Å². The molecule has 0 N–H and O–H groups in total. The van der Waals surface area contributed by atoms with Crippen molar-refractivity contribution in [2.24, 2.45) is 0 Å². The number of ether oxygens (including phenoxy) is 2. The van der Waals surface area contributed by atoms with Crippen LogP contribution in [0.25, 0.3) is 0 Å². The highest BCUT2D eigenvalue weighted by atomic mass is 16.5. The van der Waals surface area contributed by atoms with E-state index in [-0.39, 0.29) is 12.2 Å². The summed E-state index contributed by atoms with van der Waals surface area (Å²) in [7, 11) is 0. The third-order valence-corrected chi connectivity index (χ3v) is 5.49. The average molecular weight is 332 g/mol. The molecule has 3 saturated heterocycles. The van der Waals surface area contributed by atoms with Crippen molar-refractivity contribution in [2.75, 3.05) is 44.3 Å². The molecule has 24 heavy (non-hydrogen) atoms. The molecule has 0 radical (unpaired) electrons. The van der Waals surface area contributed by atoms with E-state index in [1.807, 2.05) is 13.0 Å². The summed E-state index contributed by atoms with van der Waals surface area (Å²) in [6.07, 6.45) is 5.22. The minimum absolute atomic E-state index is 0.140. The van der Waals surface area contributed by atoms with Crippen molar-refractivity contribution < 1.29 is 9.47 Å². The van der Waals surface area contributed by atoms with E-state index >= 15 is 0 Å². The van der Waals surface area contributed by atoms with Crippen LogP contribution < -0.4 is 4.90 Å². The lowest BCUT2D eigenvalue weighted by molar-refractivity contribution is -0.0754. The predicted molar refractivity (Wildman–Crippen MR) is 92.3 cm³/mol. The van der Waals surface area contributed by atoms with Gasteiger partial charge in [-0.15, -0.1) is 5.10 Å². The van der Waals surface area contributed by atoms with Crippen molar-refractivity contribution in [3.63, 3.8) is 0 Å². The molecule has 0 aromatic carbocycles. The van der Waals surface area contributed by atoms with Gasteiger partial charge in [0.05, 0.1) is 18.3 Å². The number of anilines is 1. The van der Waals surface area contributed by atoms with Gasteiger partial charge in [0.2, 0.25) is 0 Å². The molecule has 1 aromatic rings. The Labute approximate surface area is 144 Å². The van der Waals surface area contributed by atoms with Crippen LogP contribution >= 0.6 is 0 Å². The SMILES string of the molecule is Cc1ccc(N2C[C@@H](OCCN3CCCC3)[C@@H]3OCCC[C@@H]32)nn1. The van der Waals surface area contributed by atoms with Crippen molar-refractivity contribution in [3.8, 4) is 0 Å². The summed E-state index contributed by atoms with van der Waals surface area (Å²) in [6, 6.07) is 4.47. The molecule has 6 nitrogen and oxygen atoms in total. The molecule has 6 heteroatoms. The highest BCUT2D eigenvalue weighted by molar-refractivity contribution is 5.42. The van der Waals surface area contributed by atoms with E-state index in [1.54, 1.807) is 0 Å². The van der Waals surface area contributed by atoms with Gasteiger partial charge in [0.1, 0.15) is 12.2 Å². The molecule has 0 unspecified atom stereocenters. The Morgan fingerprint density at radius 3 is 2.88 bits per heavy atom. The molecular formula is C18H28N4O2. The van der Waals surface area contributed by atoms with Gasteiger partial charge in [-0.2, -0.15) is 5.10 Å². The van der Waals surface area contributed by atoms with Crippen molar-refractivity contribution in [2.45, 2.75) is 50.9 Å². The molecule has 1 aromatic heterocycles. The number of fused-ring (bicyclic) bond motifs is 1. The number of hydrogen-bond donors (Lipinski definition) is 0. The van der Waals surface area contributed by atoms with Gasteiger partial charge in [-0.25, -0.2) is 0 Å². The number of hydrogen-bond acceptors (Lipinski definition) is 6. The van der Waals surface area contributed by atoms with Crippen LogP contribution in [0.15, 0.2) is 12.1 Å². The summed E-state index contributed by atoms with van der Waals surface area (Å²) in [5, 5.41) is 8.61. The van der Waals surface area contributed by atoms with Crippen LogP contribution in [0, 0.1) is 6.92 Å². The van der Waals surface area contributed by atoms with Crippen LogP contribution in [0.1, 0.15) is 31.4 Å². The smallest absolute Gasteiger partial charge is 0.151 e. The molecule has 3 aliphatic rings. The quantitative estimate of drug-likeness (QED) is 0.817. The third kappa shape index (κ3) is 3.41. The minimum atomic E-state index is 0.140. The zero-order valence-electron chi connectivity index (χ0n) is 14.6. The molecule has 3 aliphatic heterocycles. The van der Waals surface area contributed by atoms with Gasteiger partial charge in [-0.3, -0.25) is 0 Å². The van der Waals surface area contributed by atoms with E-state index in [9.17, 15) is 0 Å². The number of nitrogens with zero attached hydrogens (tertiary/aromatic N) is 4. The minimum Gasteiger partial charge on any atom is -0.373 e. The summed E-state index contributed by atoms with van der Waals surface area (Å²) in [6.45, 7) is 7.96. The van der Waals surface area contributed by atoms with E-state index in [0.29, 0.717) is 6.04 Å².